The molecule has 0 amide bonds. The average Bonchev–Trinajstić information content (AvgIpc) is 2.95. The maximum atomic E-state index is 12.4. The van der Waals surface area contributed by atoms with Crippen LogP contribution in [-0.2, 0) is 27.4 Å². The van der Waals surface area contributed by atoms with Crippen LogP contribution in [0.15, 0.2) is 21.9 Å². The summed E-state index contributed by atoms with van der Waals surface area (Å²) in [6.45, 7) is 3.13. The van der Waals surface area contributed by atoms with Crippen molar-refractivity contribution in [3.63, 3.8) is 0 Å². The fraction of sp³-hybridized carbons (Fsp3) is 0.750. The first kappa shape index (κ1) is 25.2. The van der Waals surface area contributed by atoms with E-state index in [1.807, 2.05) is 0 Å². The van der Waals surface area contributed by atoms with Crippen LogP contribution in [0.2, 0.25) is 0 Å². The highest BCUT2D eigenvalue weighted by atomic mass is 31.2. The van der Waals surface area contributed by atoms with E-state index in [0.29, 0.717) is 0 Å². The van der Waals surface area contributed by atoms with Crippen LogP contribution in [0.25, 0.3) is 0 Å². The normalized spacial score (nSPS) is 28.4. The number of ether oxygens (including phenoxy) is 1. The summed E-state index contributed by atoms with van der Waals surface area (Å²) in [6.07, 6.45) is -1.08. The van der Waals surface area contributed by atoms with Crippen LogP contribution in [0.5, 0.6) is 0 Å². The minimum atomic E-state index is -4.48. The van der Waals surface area contributed by atoms with Gasteiger partial charge in [0.2, 0.25) is 0 Å². The number of aromatic amines is 1. The molecular weight excluding hydrogens is 442 g/mol. The first-order valence-electron chi connectivity index (χ1n) is 9.30. The zero-order valence-electron chi connectivity index (χ0n) is 17.2. The third kappa shape index (κ3) is 6.45. The number of hydrogen-bond donors (Lipinski definition) is 3. The second-order valence-electron chi connectivity index (χ2n) is 7.31. The highest BCUT2D eigenvalue weighted by Crippen LogP contribution is 2.53. The molecule has 0 bridgehead atoms. The lowest BCUT2D eigenvalue weighted by atomic mass is 10.0. The van der Waals surface area contributed by atoms with Crippen molar-refractivity contribution in [2.24, 2.45) is 5.92 Å². The van der Waals surface area contributed by atoms with Crippen molar-refractivity contribution < 1.29 is 37.2 Å². The Morgan fingerprint density at radius 3 is 2.43 bits per heavy atom. The van der Waals surface area contributed by atoms with Gasteiger partial charge in [-0.2, -0.15) is 0 Å². The van der Waals surface area contributed by atoms with Crippen molar-refractivity contribution in [2.45, 2.75) is 51.0 Å². The van der Waals surface area contributed by atoms with E-state index in [-0.39, 0.29) is 19.0 Å². The van der Waals surface area contributed by atoms with E-state index in [2.05, 4.69) is 9.51 Å². The first-order valence-corrected chi connectivity index (χ1v) is 12.6. The van der Waals surface area contributed by atoms with Crippen LogP contribution in [0, 0.1) is 5.92 Å². The third-order valence-electron chi connectivity index (χ3n) is 4.86. The van der Waals surface area contributed by atoms with Crippen molar-refractivity contribution in [1.29, 1.82) is 0 Å². The van der Waals surface area contributed by atoms with E-state index in [0.717, 1.165) is 7.11 Å². The molecule has 1 aromatic heterocycles. The van der Waals surface area contributed by atoms with Gasteiger partial charge in [0.15, 0.2) is 0 Å². The number of rotatable bonds is 10. The van der Waals surface area contributed by atoms with Gasteiger partial charge in [0.1, 0.15) is 12.2 Å². The average molecular weight is 470 g/mol. The summed E-state index contributed by atoms with van der Waals surface area (Å²) in [5.41, 5.74) is -1.25. The lowest BCUT2D eigenvalue weighted by Gasteiger charge is -2.28. The number of aromatic nitrogens is 2. The van der Waals surface area contributed by atoms with Gasteiger partial charge in [-0.05, 0) is 32.6 Å². The molecule has 14 heteroatoms. The topological polar surface area (TPSA) is 166 Å². The Hall–Kier alpha value is -1.10. The van der Waals surface area contributed by atoms with Gasteiger partial charge in [0.25, 0.3) is 5.56 Å². The fourth-order valence-corrected chi connectivity index (χ4v) is 5.63. The molecule has 1 aliphatic carbocycles. The van der Waals surface area contributed by atoms with Crippen LogP contribution in [0.3, 0.4) is 0 Å². The summed E-state index contributed by atoms with van der Waals surface area (Å²) in [5, 5.41) is 0. The van der Waals surface area contributed by atoms with Crippen LogP contribution in [0.1, 0.15) is 32.7 Å². The maximum Gasteiger partial charge on any atom is 0.472 e. The highest BCUT2D eigenvalue weighted by Gasteiger charge is 2.49. The van der Waals surface area contributed by atoms with Crippen molar-refractivity contribution in [3.8, 4) is 0 Å². The van der Waals surface area contributed by atoms with Gasteiger partial charge in [-0.25, -0.2) is 9.36 Å². The molecule has 172 valence electrons. The van der Waals surface area contributed by atoms with Crippen LogP contribution in [-0.4, -0.2) is 58.0 Å². The molecule has 0 spiro atoms. The van der Waals surface area contributed by atoms with Gasteiger partial charge in [-0.15, -0.1) is 0 Å². The van der Waals surface area contributed by atoms with Crippen molar-refractivity contribution in [1.82, 2.24) is 9.55 Å². The fourth-order valence-electron chi connectivity index (χ4n) is 3.61. The molecule has 1 saturated carbocycles. The number of hydrogen-bond acceptors (Lipinski definition) is 8. The van der Waals surface area contributed by atoms with Crippen molar-refractivity contribution in [3.05, 3.63) is 33.1 Å². The summed E-state index contributed by atoms with van der Waals surface area (Å²) in [5.74, 6) is -0.536. The van der Waals surface area contributed by atoms with E-state index < -0.39 is 56.9 Å². The van der Waals surface area contributed by atoms with E-state index in [1.54, 1.807) is 13.8 Å². The van der Waals surface area contributed by atoms with Crippen LogP contribution >= 0.6 is 15.4 Å². The van der Waals surface area contributed by atoms with Gasteiger partial charge >= 0.3 is 21.1 Å². The second-order valence-corrected chi connectivity index (χ2v) is 10.8. The molecule has 2 rings (SSSR count). The molecule has 1 aromatic rings. The Kier molecular flexibility index (Phi) is 8.40. The molecule has 12 nitrogen and oxygen atoms in total. The number of H-pyrrole nitrogens is 1. The SMILES string of the molecule is CO[C@@H]1[C@H](OP(=O)(O)OC(C)C)[C@@H](CCP(=O)(O)OC)C[C@H]1n1ccc(=O)[nH]c1=O. The molecule has 0 aromatic carbocycles. The second kappa shape index (κ2) is 10.0. The lowest BCUT2D eigenvalue weighted by Crippen LogP contribution is -2.38. The molecule has 0 saturated heterocycles. The summed E-state index contributed by atoms with van der Waals surface area (Å²) in [4.78, 5) is 45.7. The number of phosphoric acid groups is 1. The van der Waals surface area contributed by atoms with Gasteiger partial charge in [-0.3, -0.25) is 28.0 Å². The predicted molar refractivity (Wildman–Crippen MR) is 107 cm³/mol. The predicted octanol–water partition coefficient (Wildman–Crippen LogP) is 1.25. The summed E-state index contributed by atoms with van der Waals surface area (Å²) >= 11 is 0. The maximum absolute atomic E-state index is 12.4. The van der Waals surface area contributed by atoms with Crippen LogP contribution < -0.4 is 11.2 Å². The summed E-state index contributed by atoms with van der Waals surface area (Å²) in [6, 6.07) is 0.511. The monoisotopic (exact) mass is 470 g/mol. The van der Waals surface area contributed by atoms with E-state index in [9.17, 15) is 28.5 Å². The van der Waals surface area contributed by atoms with Gasteiger partial charge in [-0.1, -0.05) is 0 Å². The van der Waals surface area contributed by atoms with E-state index >= 15 is 0 Å². The zero-order valence-corrected chi connectivity index (χ0v) is 19.0. The van der Waals surface area contributed by atoms with Gasteiger partial charge in [0, 0.05) is 26.5 Å². The molecule has 2 unspecified atom stereocenters. The standard InChI is InChI=1S/C16H28N2O10P2/c1-10(2)27-30(23,24)28-14-11(6-8-29(21,22)26-4)9-12(15(14)25-3)18-7-5-13(19)17-16(18)20/h5,7,10-12,14-15H,6,8-9H2,1-4H3,(H,21,22)(H,23,24)(H,17,19,20)/t11-,12+,14+,15-/m0/s1. The smallest absolute Gasteiger partial charge is 0.377 e. The molecule has 3 N–H and O–H groups in total. The minimum absolute atomic E-state index is 0.0996. The number of methoxy groups -OCH3 is 1. The largest absolute Gasteiger partial charge is 0.472 e. The Morgan fingerprint density at radius 1 is 1.23 bits per heavy atom. The number of nitrogens with one attached hydrogen (secondary N) is 1. The number of nitrogens with zero attached hydrogens (tertiary/aromatic N) is 1. The number of phosphoric ester groups is 1. The molecule has 0 radical (unpaired) electrons. The molecule has 6 atom stereocenters. The summed E-state index contributed by atoms with van der Waals surface area (Å²) < 4.78 is 46.0. The third-order valence-corrected chi connectivity index (χ3v) is 7.45. The van der Waals surface area contributed by atoms with Crippen LogP contribution in [0.4, 0.5) is 0 Å². The lowest BCUT2D eigenvalue weighted by molar-refractivity contribution is -0.0299. The molecule has 0 aliphatic heterocycles. The molecule has 1 fully saturated rings. The van der Waals surface area contributed by atoms with Gasteiger partial charge in [0.05, 0.1) is 18.3 Å². The Bertz CT molecular complexity index is 929. The molecule has 1 heterocycles. The highest BCUT2D eigenvalue weighted by molar-refractivity contribution is 7.52. The zero-order chi connectivity index (χ0) is 22.7. The Labute approximate surface area is 173 Å². The van der Waals surface area contributed by atoms with E-state index in [4.69, 9.17) is 13.8 Å². The summed E-state index contributed by atoms with van der Waals surface area (Å²) in [7, 11) is -5.85. The molecule has 1 aliphatic rings. The quantitative estimate of drug-likeness (QED) is 0.424. The Morgan fingerprint density at radius 2 is 1.90 bits per heavy atom. The van der Waals surface area contributed by atoms with Crippen molar-refractivity contribution in [2.75, 3.05) is 20.4 Å². The minimum Gasteiger partial charge on any atom is -0.377 e. The Balaban J connectivity index is 2.38. The van der Waals surface area contributed by atoms with Gasteiger partial charge < -0.3 is 19.0 Å². The van der Waals surface area contributed by atoms with E-state index in [1.165, 1.54) is 23.9 Å². The van der Waals surface area contributed by atoms with Crippen molar-refractivity contribution >= 4 is 15.4 Å². The molecule has 30 heavy (non-hydrogen) atoms. The first-order chi connectivity index (χ1) is 13.9. The molecular formula is C16H28N2O10P2.